The number of unbranched alkanes of at least 4 members (excludes halogenated alkanes) is 2. The number of carboxylic acid groups (broad SMARTS) is 1. The van der Waals surface area contributed by atoms with E-state index in [4.69, 9.17) is 14.2 Å². The molecule has 0 rings (SSSR count). The molecule has 0 spiro atoms. The van der Waals surface area contributed by atoms with Gasteiger partial charge in [0.1, 0.15) is 6.61 Å². The molecule has 0 amide bonds. The summed E-state index contributed by atoms with van der Waals surface area (Å²) >= 11 is 0. The van der Waals surface area contributed by atoms with E-state index in [1.54, 1.807) is 0 Å². The van der Waals surface area contributed by atoms with Crippen LogP contribution in [0.1, 0.15) is 117 Å². The first-order chi connectivity index (χ1) is 26.6. The summed E-state index contributed by atoms with van der Waals surface area (Å²) in [5.41, 5.74) is 0. The number of aliphatic carboxylic acids is 1. The van der Waals surface area contributed by atoms with E-state index in [1.165, 1.54) is 0 Å². The number of allylic oxidation sites excluding steroid dienone is 18. The highest BCUT2D eigenvalue weighted by Gasteiger charge is 2.31. The number of quaternary nitrogens is 1. The van der Waals surface area contributed by atoms with E-state index in [-0.39, 0.29) is 49.1 Å². The van der Waals surface area contributed by atoms with E-state index >= 15 is 0 Å². The maximum absolute atomic E-state index is 12.6. The molecule has 2 unspecified atom stereocenters. The number of hydrogen-bond donors (Lipinski definition) is 1. The Balaban J connectivity index is 4.53. The van der Waals surface area contributed by atoms with Gasteiger partial charge in [0, 0.05) is 19.3 Å². The van der Waals surface area contributed by atoms with Crippen molar-refractivity contribution in [2.45, 2.75) is 129 Å². The van der Waals surface area contributed by atoms with Crippen LogP contribution < -0.4 is 0 Å². The monoisotopic (exact) mass is 765 g/mol. The fraction of sp³-hybridized carbons (Fsp3) is 0.553. The lowest BCUT2D eigenvalue weighted by Crippen LogP contribution is -2.50. The normalized spacial score (nSPS) is 14.1. The number of nitrogens with zero attached hydrogens (tertiary/aromatic N) is 1. The Bertz CT molecular complexity index is 1260. The van der Waals surface area contributed by atoms with E-state index in [2.05, 4.69) is 123 Å². The number of carbonyl (C=O) groups excluding carboxylic acids is 2. The van der Waals surface area contributed by atoms with Crippen LogP contribution in [0.25, 0.3) is 0 Å². The van der Waals surface area contributed by atoms with Crippen LogP contribution in [-0.2, 0) is 28.6 Å². The number of carbonyl (C=O) groups is 3. The van der Waals surface area contributed by atoms with Crippen molar-refractivity contribution in [3.8, 4) is 0 Å². The van der Waals surface area contributed by atoms with Gasteiger partial charge in [0.15, 0.2) is 12.1 Å². The molecule has 2 atom stereocenters. The third-order valence-electron chi connectivity index (χ3n) is 8.17. The van der Waals surface area contributed by atoms with Crippen LogP contribution in [0.4, 0.5) is 0 Å². The lowest BCUT2D eigenvalue weighted by Gasteiger charge is -2.31. The molecule has 0 heterocycles. The molecule has 0 radical (unpaired) electrons. The maximum Gasteiger partial charge on any atom is 0.362 e. The van der Waals surface area contributed by atoms with Crippen LogP contribution >= 0.6 is 0 Å². The van der Waals surface area contributed by atoms with Crippen molar-refractivity contribution >= 4 is 17.9 Å². The van der Waals surface area contributed by atoms with Gasteiger partial charge >= 0.3 is 17.9 Å². The third-order valence-corrected chi connectivity index (χ3v) is 8.17. The molecule has 0 bridgehead atoms. The molecular weight excluding hydrogens is 691 g/mol. The second kappa shape index (κ2) is 36.9. The molecular formula is C47H74NO7+. The number of carboxylic acids is 1. The van der Waals surface area contributed by atoms with Gasteiger partial charge in [-0.3, -0.25) is 9.59 Å². The van der Waals surface area contributed by atoms with Gasteiger partial charge in [0.2, 0.25) is 0 Å². The van der Waals surface area contributed by atoms with Crippen LogP contribution in [0.5, 0.6) is 0 Å². The number of rotatable bonds is 34. The molecule has 0 aromatic heterocycles. The quantitative estimate of drug-likeness (QED) is 0.0301. The number of hydrogen-bond acceptors (Lipinski definition) is 6. The minimum absolute atomic E-state index is 0.0146. The van der Waals surface area contributed by atoms with Gasteiger partial charge in [-0.05, 0) is 83.5 Å². The summed E-state index contributed by atoms with van der Waals surface area (Å²) in [4.78, 5) is 36.8. The summed E-state index contributed by atoms with van der Waals surface area (Å²) in [6.45, 7) is 4.34. The van der Waals surface area contributed by atoms with Crippen LogP contribution in [0.2, 0.25) is 0 Å². The van der Waals surface area contributed by atoms with Crippen molar-refractivity contribution < 1.29 is 38.2 Å². The molecule has 8 heteroatoms. The second-order valence-electron chi connectivity index (χ2n) is 14.1. The van der Waals surface area contributed by atoms with Crippen molar-refractivity contribution in [1.82, 2.24) is 0 Å². The first-order valence-electron chi connectivity index (χ1n) is 20.4. The van der Waals surface area contributed by atoms with Crippen molar-refractivity contribution in [2.24, 2.45) is 0 Å². The fourth-order valence-electron chi connectivity index (χ4n) is 5.07. The third kappa shape index (κ3) is 35.4. The zero-order chi connectivity index (χ0) is 40.7. The topological polar surface area (TPSA) is 99.1 Å². The predicted octanol–water partition coefficient (Wildman–Crippen LogP) is 10.9. The maximum atomic E-state index is 12.6. The van der Waals surface area contributed by atoms with E-state index in [0.717, 1.165) is 70.6 Å². The first-order valence-corrected chi connectivity index (χ1v) is 20.4. The largest absolute Gasteiger partial charge is 0.477 e. The molecule has 1 N–H and O–H groups in total. The molecule has 0 aromatic carbocycles. The van der Waals surface area contributed by atoms with Gasteiger partial charge in [0.25, 0.3) is 0 Å². The Morgan fingerprint density at radius 1 is 0.545 bits per heavy atom. The Labute approximate surface area is 334 Å². The smallest absolute Gasteiger partial charge is 0.362 e. The van der Waals surface area contributed by atoms with E-state index < -0.39 is 18.1 Å². The standard InChI is InChI=1S/C47H73NO7/c1-6-8-10-12-14-16-18-19-20-21-22-23-24-25-26-28-29-31-33-35-37-45(49)54-42-43(41-53-40-39-44(47(51)52)48(3,4)5)55-46(50)38-36-34-32-30-27-17-15-13-11-9-7-2/h8-11,14-17,19-20,22-23,25-26,29-32,43-44H,6-7,12-13,18,21,24,27-28,33-42H2,1-5H3/p+1/b10-8+,11-9+,16-14+,17-15+,20-19+,23-22+,26-25+,31-29+,32-30+. The van der Waals surface area contributed by atoms with Crippen LogP contribution in [0, 0.1) is 0 Å². The lowest BCUT2D eigenvalue weighted by atomic mass is 10.1. The summed E-state index contributed by atoms with van der Waals surface area (Å²) in [6.07, 6.45) is 50.2. The number of esters is 2. The fourth-order valence-corrected chi connectivity index (χ4v) is 5.07. The van der Waals surface area contributed by atoms with Gasteiger partial charge in [-0.15, -0.1) is 0 Å². The van der Waals surface area contributed by atoms with Gasteiger partial charge in [-0.2, -0.15) is 0 Å². The number of likely N-dealkylation sites (N-methyl/N-ethyl adjacent to an activating group) is 1. The van der Waals surface area contributed by atoms with E-state index in [1.807, 2.05) is 21.1 Å². The predicted molar refractivity (Wildman–Crippen MR) is 229 cm³/mol. The van der Waals surface area contributed by atoms with Crippen molar-refractivity contribution in [3.63, 3.8) is 0 Å². The van der Waals surface area contributed by atoms with Gasteiger partial charge in [-0.1, -0.05) is 123 Å². The Hall–Kier alpha value is -4.01. The van der Waals surface area contributed by atoms with Crippen molar-refractivity contribution in [1.29, 1.82) is 0 Å². The SMILES string of the molecule is CC/C=C/C/C=C/C/C=C/C/C=C/C/C=C/C/C=C/CCCC(=O)OCC(COCCC(C(=O)O)[N+](C)(C)C)OC(=O)CCC/C=C/C/C=C/C/C=C/CC. The molecule has 0 saturated heterocycles. The minimum Gasteiger partial charge on any atom is -0.477 e. The van der Waals surface area contributed by atoms with Crippen LogP contribution in [0.3, 0.4) is 0 Å². The zero-order valence-corrected chi connectivity index (χ0v) is 34.8. The number of ether oxygens (including phenoxy) is 3. The summed E-state index contributed by atoms with van der Waals surface area (Å²) < 4.78 is 17.1. The van der Waals surface area contributed by atoms with Gasteiger partial charge in [0.05, 0.1) is 34.4 Å². The lowest BCUT2D eigenvalue weighted by molar-refractivity contribution is -0.887. The summed E-state index contributed by atoms with van der Waals surface area (Å²) in [5, 5.41) is 9.59. The Morgan fingerprint density at radius 3 is 1.31 bits per heavy atom. The molecule has 0 saturated carbocycles. The molecule has 0 aliphatic rings. The van der Waals surface area contributed by atoms with E-state index in [9.17, 15) is 19.5 Å². The summed E-state index contributed by atoms with van der Waals surface area (Å²) in [6, 6.07) is -0.638. The zero-order valence-electron chi connectivity index (χ0n) is 34.8. The second-order valence-corrected chi connectivity index (χ2v) is 14.1. The highest BCUT2D eigenvalue weighted by molar-refractivity contribution is 5.72. The average Bonchev–Trinajstić information content (AvgIpc) is 3.14. The minimum atomic E-state index is -0.897. The van der Waals surface area contributed by atoms with Gasteiger partial charge < -0.3 is 23.8 Å². The molecule has 0 aliphatic carbocycles. The summed E-state index contributed by atoms with van der Waals surface area (Å²) in [7, 11) is 5.47. The Kier molecular flexibility index (Phi) is 34.2. The molecule has 0 fully saturated rings. The van der Waals surface area contributed by atoms with Crippen molar-refractivity contribution in [3.05, 3.63) is 109 Å². The van der Waals surface area contributed by atoms with E-state index in [0.29, 0.717) is 19.3 Å². The highest BCUT2D eigenvalue weighted by atomic mass is 16.6. The van der Waals surface area contributed by atoms with Crippen LogP contribution in [-0.4, -0.2) is 80.6 Å². The molecule has 0 aromatic rings. The highest BCUT2D eigenvalue weighted by Crippen LogP contribution is 2.10. The Morgan fingerprint density at radius 2 is 0.927 bits per heavy atom. The molecule has 8 nitrogen and oxygen atoms in total. The first kappa shape index (κ1) is 51.0. The molecule has 0 aliphatic heterocycles. The van der Waals surface area contributed by atoms with Crippen molar-refractivity contribution in [2.75, 3.05) is 41.0 Å². The van der Waals surface area contributed by atoms with Gasteiger partial charge in [-0.25, -0.2) is 4.79 Å². The van der Waals surface area contributed by atoms with Crippen LogP contribution in [0.15, 0.2) is 109 Å². The molecule has 308 valence electrons. The average molecular weight is 765 g/mol. The molecule has 55 heavy (non-hydrogen) atoms. The summed E-state index contributed by atoms with van der Waals surface area (Å²) in [5.74, 6) is -1.64.